The minimum Gasteiger partial charge on any atom is -0.314 e. The summed E-state index contributed by atoms with van der Waals surface area (Å²) in [6.45, 7) is 6.80. The highest BCUT2D eigenvalue weighted by atomic mass is 35.5. The molecule has 2 aromatic carbocycles. The van der Waals surface area contributed by atoms with E-state index >= 15 is 0 Å². The zero-order valence-electron chi connectivity index (χ0n) is 18.9. The predicted octanol–water partition coefficient (Wildman–Crippen LogP) is 6.12. The molecule has 0 saturated heterocycles. The van der Waals surface area contributed by atoms with Gasteiger partial charge in [-0.2, -0.15) is 0 Å². The van der Waals surface area contributed by atoms with Crippen LogP contribution in [-0.2, 0) is 19.4 Å². The number of aryl methyl sites for hydroxylation is 3. The second-order valence-electron chi connectivity index (χ2n) is 8.19. The van der Waals surface area contributed by atoms with E-state index in [0.717, 1.165) is 40.5 Å². The van der Waals surface area contributed by atoms with Crippen molar-refractivity contribution < 1.29 is 0 Å². The average Bonchev–Trinajstić information content (AvgIpc) is 3.03. The van der Waals surface area contributed by atoms with E-state index < -0.39 is 0 Å². The van der Waals surface area contributed by atoms with E-state index in [4.69, 9.17) is 34.6 Å². The number of imidazole rings is 1. The quantitative estimate of drug-likeness (QED) is 0.316. The van der Waals surface area contributed by atoms with Crippen molar-refractivity contribution in [1.29, 1.82) is 0 Å². The standard InChI is InChI=1S/C27H24Cl2N4/c1-5-20-6-8-21(9-7-20)14-25-30-11-10-23(32-25)15-24-17(2)12-22(13-18(24)3)16-33-19(4)31-26(28)27(33)29/h1,6-13H,14-16H2,2-4H3. The van der Waals surface area contributed by atoms with Gasteiger partial charge in [-0.25, -0.2) is 15.0 Å². The Labute approximate surface area is 204 Å². The first kappa shape index (κ1) is 23.0. The Bertz CT molecular complexity index is 1320. The Hall–Kier alpha value is -3.13. The van der Waals surface area contributed by atoms with E-state index in [0.29, 0.717) is 23.3 Å². The Morgan fingerprint density at radius 1 is 0.909 bits per heavy atom. The summed E-state index contributed by atoms with van der Waals surface area (Å²) in [6.07, 6.45) is 8.70. The Kier molecular flexibility index (Phi) is 6.83. The Morgan fingerprint density at radius 3 is 2.21 bits per heavy atom. The average molecular weight is 475 g/mol. The fraction of sp³-hybridized carbons (Fsp3) is 0.222. The van der Waals surface area contributed by atoms with E-state index in [9.17, 15) is 0 Å². The second kappa shape index (κ2) is 9.79. The first-order valence-corrected chi connectivity index (χ1v) is 11.4. The third-order valence-electron chi connectivity index (χ3n) is 5.76. The molecule has 0 aliphatic carbocycles. The maximum atomic E-state index is 6.32. The van der Waals surface area contributed by atoms with Crippen LogP contribution in [0.1, 0.15) is 50.7 Å². The van der Waals surface area contributed by atoms with Gasteiger partial charge in [0.1, 0.15) is 16.8 Å². The summed E-state index contributed by atoms with van der Waals surface area (Å²) >= 11 is 12.4. The summed E-state index contributed by atoms with van der Waals surface area (Å²) in [6, 6.07) is 14.3. The van der Waals surface area contributed by atoms with Crippen molar-refractivity contribution in [2.24, 2.45) is 0 Å². The normalized spacial score (nSPS) is 10.9. The van der Waals surface area contributed by atoms with Gasteiger partial charge >= 0.3 is 0 Å². The molecule has 4 rings (SSSR count). The molecule has 0 amide bonds. The monoisotopic (exact) mass is 474 g/mol. The van der Waals surface area contributed by atoms with Crippen LogP contribution in [0, 0.1) is 33.1 Å². The molecular weight excluding hydrogens is 451 g/mol. The molecule has 166 valence electrons. The topological polar surface area (TPSA) is 43.6 Å². The molecule has 0 fully saturated rings. The van der Waals surface area contributed by atoms with Crippen molar-refractivity contribution in [1.82, 2.24) is 19.5 Å². The van der Waals surface area contributed by atoms with Crippen molar-refractivity contribution >= 4 is 23.2 Å². The Morgan fingerprint density at radius 2 is 1.61 bits per heavy atom. The molecule has 0 N–H and O–H groups in total. The van der Waals surface area contributed by atoms with Crippen molar-refractivity contribution in [3.8, 4) is 12.3 Å². The highest BCUT2D eigenvalue weighted by Crippen LogP contribution is 2.26. The highest BCUT2D eigenvalue weighted by Gasteiger charge is 2.13. The van der Waals surface area contributed by atoms with Crippen LogP contribution in [0.2, 0.25) is 10.3 Å². The molecule has 2 aromatic heterocycles. The first-order valence-electron chi connectivity index (χ1n) is 10.7. The largest absolute Gasteiger partial charge is 0.314 e. The number of rotatable bonds is 6. The molecule has 2 heterocycles. The summed E-state index contributed by atoms with van der Waals surface area (Å²) in [4.78, 5) is 13.5. The number of hydrogen-bond acceptors (Lipinski definition) is 3. The number of aromatic nitrogens is 4. The van der Waals surface area contributed by atoms with Crippen LogP contribution in [0.15, 0.2) is 48.7 Å². The van der Waals surface area contributed by atoms with E-state index in [2.05, 4.69) is 41.9 Å². The third-order valence-corrected chi connectivity index (χ3v) is 6.50. The number of benzene rings is 2. The van der Waals surface area contributed by atoms with Gasteiger partial charge < -0.3 is 4.57 Å². The van der Waals surface area contributed by atoms with Crippen LogP contribution in [0.25, 0.3) is 0 Å². The lowest BCUT2D eigenvalue weighted by molar-refractivity contribution is 0.760. The summed E-state index contributed by atoms with van der Waals surface area (Å²) in [5, 5.41) is 0.807. The lowest BCUT2D eigenvalue weighted by Crippen LogP contribution is -2.06. The van der Waals surface area contributed by atoms with Crippen molar-refractivity contribution in [3.05, 3.63) is 110 Å². The van der Waals surface area contributed by atoms with Crippen LogP contribution in [0.4, 0.5) is 0 Å². The smallest absolute Gasteiger partial charge is 0.166 e. The van der Waals surface area contributed by atoms with Gasteiger partial charge in [-0.3, -0.25) is 0 Å². The summed E-state index contributed by atoms with van der Waals surface area (Å²) in [7, 11) is 0. The minimum absolute atomic E-state index is 0.339. The van der Waals surface area contributed by atoms with Crippen LogP contribution in [0.5, 0.6) is 0 Å². The fourth-order valence-corrected chi connectivity index (χ4v) is 4.48. The maximum absolute atomic E-state index is 6.32. The van der Waals surface area contributed by atoms with Gasteiger partial charge in [0, 0.05) is 30.3 Å². The molecule has 0 spiro atoms. The fourth-order valence-electron chi connectivity index (χ4n) is 4.03. The van der Waals surface area contributed by atoms with Gasteiger partial charge in [0.15, 0.2) is 5.15 Å². The second-order valence-corrected chi connectivity index (χ2v) is 8.91. The van der Waals surface area contributed by atoms with Crippen LogP contribution in [-0.4, -0.2) is 19.5 Å². The third kappa shape index (κ3) is 5.27. The van der Waals surface area contributed by atoms with E-state index in [1.165, 1.54) is 16.7 Å². The molecule has 0 aliphatic heterocycles. The van der Waals surface area contributed by atoms with Gasteiger partial charge in [-0.05, 0) is 66.8 Å². The minimum atomic E-state index is 0.339. The number of nitrogens with zero attached hydrogens (tertiary/aromatic N) is 4. The zero-order valence-corrected chi connectivity index (χ0v) is 20.4. The Balaban J connectivity index is 1.53. The van der Waals surface area contributed by atoms with Gasteiger partial charge in [-0.15, -0.1) is 6.42 Å². The van der Waals surface area contributed by atoms with Crippen LogP contribution in [0.3, 0.4) is 0 Å². The molecule has 0 atom stereocenters. The molecule has 0 aliphatic rings. The molecule has 33 heavy (non-hydrogen) atoms. The zero-order chi connectivity index (χ0) is 23.5. The molecular formula is C27H24Cl2N4. The molecule has 0 bridgehead atoms. The van der Waals surface area contributed by atoms with Crippen LogP contribution >= 0.6 is 23.2 Å². The van der Waals surface area contributed by atoms with Crippen LogP contribution < -0.4 is 0 Å². The molecule has 0 saturated carbocycles. The van der Waals surface area contributed by atoms with Gasteiger partial charge in [0.25, 0.3) is 0 Å². The summed E-state index contributed by atoms with van der Waals surface area (Å²) < 4.78 is 1.92. The molecule has 0 unspecified atom stereocenters. The number of halogens is 2. The van der Waals surface area contributed by atoms with Gasteiger partial charge in [-0.1, -0.05) is 53.4 Å². The summed E-state index contributed by atoms with van der Waals surface area (Å²) in [5.74, 6) is 4.24. The summed E-state index contributed by atoms with van der Waals surface area (Å²) in [5.41, 5.74) is 7.87. The molecule has 4 aromatic rings. The number of terminal acetylenes is 1. The van der Waals surface area contributed by atoms with Crippen molar-refractivity contribution in [3.63, 3.8) is 0 Å². The molecule has 6 heteroatoms. The van der Waals surface area contributed by atoms with E-state index in [1.807, 2.05) is 48.0 Å². The van der Waals surface area contributed by atoms with E-state index in [-0.39, 0.29) is 0 Å². The maximum Gasteiger partial charge on any atom is 0.166 e. The lowest BCUT2D eigenvalue weighted by atomic mass is 9.95. The first-order chi connectivity index (χ1) is 15.8. The SMILES string of the molecule is C#Cc1ccc(Cc2nccc(Cc3c(C)cc(Cn4c(C)nc(Cl)c4Cl)cc3C)n2)cc1. The van der Waals surface area contributed by atoms with Gasteiger partial charge in [0.05, 0.1) is 6.54 Å². The highest BCUT2D eigenvalue weighted by molar-refractivity contribution is 6.40. The predicted molar refractivity (Wildman–Crippen MR) is 134 cm³/mol. The van der Waals surface area contributed by atoms with E-state index in [1.54, 1.807) is 0 Å². The lowest BCUT2D eigenvalue weighted by Gasteiger charge is -2.14. The number of hydrogen-bond donors (Lipinski definition) is 0. The van der Waals surface area contributed by atoms with Crippen molar-refractivity contribution in [2.45, 2.75) is 40.2 Å². The van der Waals surface area contributed by atoms with Crippen molar-refractivity contribution in [2.75, 3.05) is 0 Å². The molecule has 0 radical (unpaired) electrons. The van der Waals surface area contributed by atoms with Gasteiger partial charge in [0.2, 0.25) is 0 Å². The molecule has 4 nitrogen and oxygen atoms in total.